The van der Waals surface area contributed by atoms with E-state index in [1.807, 2.05) is 37.3 Å². The summed E-state index contributed by atoms with van der Waals surface area (Å²) in [6.45, 7) is 4.85. The molecule has 3 heterocycles. The van der Waals surface area contributed by atoms with E-state index in [-0.39, 0.29) is 10.3 Å². The van der Waals surface area contributed by atoms with Crippen LogP contribution in [0.4, 0.5) is 0 Å². The van der Waals surface area contributed by atoms with Crippen LogP contribution in [0.2, 0.25) is 0 Å². The monoisotopic (exact) mass is 449 g/mol. The van der Waals surface area contributed by atoms with E-state index in [1.54, 1.807) is 12.1 Å². The lowest BCUT2D eigenvalue weighted by molar-refractivity contribution is -0.476. The molecule has 0 spiro atoms. The average Bonchev–Trinajstić information content (AvgIpc) is 2.78. The lowest BCUT2D eigenvalue weighted by Gasteiger charge is -2.53. The molecule has 9 heteroatoms. The molecule has 2 unspecified atom stereocenters. The molecular formula is C22H27NO7S. The van der Waals surface area contributed by atoms with Crippen molar-refractivity contribution in [2.45, 2.75) is 43.5 Å². The third kappa shape index (κ3) is 4.77. The summed E-state index contributed by atoms with van der Waals surface area (Å²) in [5, 5.41) is 10.3. The summed E-state index contributed by atoms with van der Waals surface area (Å²) in [6.07, 6.45) is -1.12. The molecule has 2 bridgehead atoms. The smallest absolute Gasteiger partial charge is 0.303 e. The van der Waals surface area contributed by atoms with E-state index in [4.69, 9.17) is 18.9 Å². The first-order valence-corrected chi connectivity index (χ1v) is 11.6. The lowest BCUT2D eigenvalue weighted by atomic mass is 9.91. The highest BCUT2D eigenvalue weighted by atomic mass is 32.2. The van der Waals surface area contributed by atoms with Gasteiger partial charge < -0.3 is 24.1 Å². The topological polar surface area (TPSA) is 103 Å². The molecule has 0 aromatic heterocycles. The normalized spacial score (nSPS) is 27.6. The van der Waals surface area contributed by atoms with Crippen LogP contribution in [0.3, 0.4) is 0 Å². The minimum Gasteiger partial charge on any atom is -0.489 e. The van der Waals surface area contributed by atoms with Crippen LogP contribution in [0.5, 0.6) is 5.75 Å². The second-order valence-electron chi connectivity index (χ2n) is 8.37. The number of fused-ring (bicyclic) bond motifs is 3. The van der Waals surface area contributed by atoms with Gasteiger partial charge in [-0.1, -0.05) is 37.3 Å². The molecule has 0 aliphatic carbocycles. The molecule has 3 fully saturated rings. The second-order valence-corrected chi connectivity index (χ2v) is 10.1. The zero-order valence-corrected chi connectivity index (χ0v) is 18.3. The van der Waals surface area contributed by atoms with Gasteiger partial charge in [0.2, 0.25) is 10.0 Å². The Bertz CT molecular complexity index is 968. The Kier molecular flexibility index (Phi) is 6.08. The van der Waals surface area contributed by atoms with Gasteiger partial charge in [0.05, 0.1) is 30.8 Å². The molecule has 2 N–H and O–H groups in total. The van der Waals surface area contributed by atoms with E-state index >= 15 is 0 Å². The molecule has 0 amide bonds. The van der Waals surface area contributed by atoms with Gasteiger partial charge in [0, 0.05) is 5.41 Å². The van der Waals surface area contributed by atoms with E-state index in [9.17, 15) is 13.5 Å². The molecule has 168 valence electrons. The summed E-state index contributed by atoms with van der Waals surface area (Å²) in [6, 6.07) is 14.6. The first kappa shape index (κ1) is 22.2. The number of aliphatic hydroxyl groups is 1. The number of nitrogens with one attached hydrogen (secondary N) is 1. The summed E-state index contributed by atoms with van der Waals surface area (Å²) in [5.74, 6) is -1.11. The average molecular weight is 450 g/mol. The molecule has 0 saturated carbocycles. The van der Waals surface area contributed by atoms with Gasteiger partial charge in [0.25, 0.3) is 0 Å². The van der Waals surface area contributed by atoms with Crippen molar-refractivity contribution in [2.75, 3.05) is 19.8 Å². The van der Waals surface area contributed by atoms with Crippen molar-refractivity contribution in [3.05, 3.63) is 60.2 Å². The molecule has 3 aliphatic rings. The van der Waals surface area contributed by atoms with Crippen molar-refractivity contribution < 1.29 is 32.5 Å². The molecule has 31 heavy (non-hydrogen) atoms. The van der Waals surface area contributed by atoms with Crippen LogP contribution in [0, 0.1) is 5.41 Å². The van der Waals surface area contributed by atoms with E-state index < -0.39 is 28.1 Å². The van der Waals surface area contributed by atoms with Crippen molar-refractivity contribution in [1.29, 1.82) is 0 Å². The highest BCUT2D eigenvalue weighted by Crippen LogP contribution is 2.40. The maximum Gasteiger partial charge on any atom is 0.303 e. The Hall–Kier alpha value is -2.01. The molecule has 2 atom stereocenters. The van der Waals surface area contributed by atoms with Gasteiger partial charge >= 0.3 is 5.97 Å². The van der Waals surface area contributed by atoms with Gasteiger partial charge in [-0.05, 0) is 36.8 Å². The largest absolute Gasteiger partial charge is 0.489 e. The minimum atomic E-state index is -3.99. The van der Waals surface area contributed by atoms with Crippen LogP contribution in [0.15, 0.2) is 59.5 Å². The number of rotatable bonds is 8. The van der Waals surface area contributed by atoms with Crippen LogP contribution < -0.4 is 9.46 Å². The first-order valence-electron chi connectivity index (χ1n) is 10.1. The maximum atomic E-state index is 13.0. The Morgan fingerprint density at radius 2 is 1.61 bits per heavy atom. The third-order valence-electron chi connectivity index (χ3n) is 5.39. The Morgan fingerprint density at radius 1 is 1.03 bits per heavy atom. The van der Waals surface area contributed by atoms with E-state index in [2.05, 4.69) is 4.72 Å². The summed E-state index contributed by atoms with van der Waals surface area (Å²) in [4.78, 5) is 0.0260. The van der Waals surface area contributed by atoms with Crippen molar-refractivity contribution in [1.82, 2.24) is 4.72 Å². The molecule has 3 saturated heterocycles. The molecule has 8 nitrogen and oxygen atoms in total. The fourth-order valence-corrected chi connectivity index (χ4v) is 4.81. The molecule has 2 aromatic carbocycles. The quantitative estimate of drug-likeness (QED) is 0.636. The SMILES string of the molecule is CC(O)C(NS(=O)(=O)c1ccc(OCc2ccccc2)cc1)C12OCC(C)(CO1)CO2. The van der Waals surface area contributed by atoms with Gasteiger partial charge in [0.1, 0.15) is 18.4 Å². The van der Waals surface area contributed by atoms with E-state index in [1.165, 1.54) is 19.1 Å². The Balaban J connectivity index is 1.45. The van der Waals surface area contributed by atoms with Gasteiger partial charge in [0.15, 0.2) is 0 Å². The Labute approximate surface area is 182 Å². The van der Waals surface area contributed by atoms with Crippen molar-refractivity contribution in [3.8, 4) is 5.75 Å². The number of hydrogen-bond acceptors (Lipinski definition) is 7. The summed E-state index contributed by atoms with van der Waals surface area (Å²) < 4.78 is 51.3. The summed E-state index contributed by atoms with van der Waals surface area (Å²) in [5.41, 5.74) is 0.732. The fraction of sp³-hybridized carbons (Fsp3) is 0.455. The highest BCUT2D eigenvalue weighted by molar-refractivity contribution is 7.89. The molecule has 0 radical (unpaired) electrons. The van der Waals surface area contributed by atoms with Gasteiger partial charge in [-0.25, -0.2) is 8.42 Å². The highest BCUT2D eigenvalue weighted by Gasteiger charge is 2.57. The number of ether oxygens (including phenoxy) is 4. The summed E-state index contributed by atoms with van der Waals surface area (Å²) in [7, 11) is -3.99. The van der Waals surface area contributed by atoms with Crippen LogP contribution in [0.25, 0.3) is 0 Å². The fourth-order valence-electron chi connectivity index (χ4n) is 3.50. The zero-order valence-electron chi connectivity index (χ0n) is 17.5. The van der Waals surface area contributed by atoms with Crippen molar-refractivity contribution >= 4 is 10.0 Å². The lowest BCUT2D eigenvalue weighted by Crippen LogP contribution is -2.69. The minimum absolute atomic E-state index is 0.0260. The van der Waals surface area contributed by atoms with Gasteiger partial charge in [-0.3, -0.25) is 0 Å². The number of aliphatic hydroxyl groups excluding tert-OH is 1. The maximum absolute atomic E-state index is 13.0. The van der Waals surface area contributed by atoms with Crippen LogP contribution >= 0.6 is 0 Å². The zero-order chi connectivity index (χ0) is 22.1. The molecule has 3 aliphatic heterocycles. The predicted molar refractivity (Wildman–Crippen MR) is 112 cm³/mol. The van der Waals surface area contributed by atoms with Crippen LogP contribution in [0.1, 0.15) is 19.4 Å². The molecular weight excluding hydrogens is 422 g/mol. The number of benzene rings is 2. The van der Waals surface area contributed by atoms with Crippen molar-refractivity contribution in [3.63, 3.8) is 0 Å². The van der Waals surface area contributed by atoms with E-state index in [0.29, 0.717) is 32.2 Å². The number of hydrogen-bond donors (Lipinski definition) is 2. The van der Waals surface area contributed by atoms with E-state index in [0.717, 1.165) is 5.56 Å². The molecule has 2 aromatic rings. The Morgan fingerprint density at radius 3 is 2.16 bits per heavy atom. The number of sulfonamides is 1. The third-order valence-corrected chi connectivity index (χ3v) is 6.85. The second kappa shape index (κ2) is 8.50. The van der Waals surface area contributed by atoms with Crippen LogP contribution in [-0.2, 0) is 30.8 Å². The standard InChI is InChI=1S/C22H27NO7S/c1-16(24)20(22-28-13-21(2,14-29-22)15-30-22)23-31(25,26)19-10-8-18(9-11-19)27-12-17-6-4-3-5-7-17/h3-11,16,20,23-24H,12-15H2,1-2H3. The van der Waals surface area contributed by atoms with Crippen LogP contribution in [-0.4, -0.2) is 51.5 Å². The van der Waals surface area contributed by atoms with Gasteiger partial charge in [-0.2, -0.15) is 4.72 Å². The summed E-state index contributed by atoms with van der Waals surface area (Å²) >= 11 is 0. The molecule has 5 rings (SSSR count). The van der Waals surface area contributed by atoms with Crippen molar-refractivity contribution in [2.24, 2.45) is 5.41 Å². The van der Waals surface area contributed by atoms with Gasteiger partial charge in [-0.15, -0.1) is 0 Å². The first-order chi connectivity index (χ1) is 14.7. The predicted octanol–water partition coefficient (Wildman–Crippen LogP) is 2.03.